The first kappa shape index (κ1) is 19.3. The maximum atomic E-state index is 12.2. The van der Waals surface area contributed by atoms with Crippen molar-refractivity contribution < 1.29 is 23.8 Å². The summed E-state index contributed by atoms with van der Waals surface area (Å²) in [7, 11) is 1.51. The fourth-order valence-electron chi connectivity index (χ4n) is 2.08. The number of ketones is 1. The Morgan fingerprint density at radius 3 is 2.40 bits per heavy atom. The van der Waals surface area contributed by atoms with Crippen molar-refractivity contribution in [2.24, 2.45) is 0 Å². The van der Waals surface area contributed by atoms with Gasteiger partial charge < -0.3 is 14.2 Å². The number of rotatable bonds is 7. The van der Waals surface area contributed by atoms with E-state index in [9.17, 15) is 9.59 Å². The predicted octanol–water partition coefficient (Wildman–Crippen LogP) is 4.55. The van der Waals surface area contributed by atoms with Gasteiger partial charge in [-0.05, 0) is 59.3 Å². The molecule has 0 radical (unpaired) electrons. The molecule has 0 atom stereocenters. The highest BCUT2D eigenvalue weighted by Crippen LogP contribution is 2.36. The van der Waals surface area contributed by atoms with Crippen molar-refractivity contribution in [2.75, 3.05) is 20.3 Å². The third-order valence-corrected chi connectivity index (χ3v) is 4.09. The second kappa shape index (κ2) is 8.87. The highest BCUT2D eigenvalue weighted by Gasteiger charge is 2.17. The smallest absolute Gasteiger partial charge is 0.338 e. The Morgan fingerprint density at radius 2 is 1.80 bits per heavy atom. The molecular weight excluding hydrogens is 412 g/mol. The summed E-state index contributed by atoms with van der Waals surface area (Å²) < 4.78 is 16.4. The normalized spacial score (nSPS) is 10.2. The molecule has 0 saturated carbocycles. The Balaban J connectivity index is 2.10. The fraction of sp³-hybridized carbons (Fsp3) is 0.222. The number of methoxy groups -OCH3 is 1. The van der Waals surface area contributed by atoms with Gasteiger partial charge in [0.15, 0.2) is 23.9 Å². The van der Waals surface area contributed by atoms with Gasteiger partial charge in [0, 0.05) is 10.6 Å². The number of carbonyl (C=O) groups excluding carboxylic acids is 2. The van der Waals surface area contributed by atoms with Gasteiger partial charge in [0.1, 0.15) is 0 Å². The van der Waals surface area contributed by atoms with Crippen LogP contribution in [0.15, 0.2) is 40.9 Å². The Bertz CT molecular complexity index is 774. The average molecular weight is 428 g/mol. The summed E-state index contributed by atoms with van der Waals surface area (Å²) in [6.45, 7) is 1.87. The molecule has 25 heavy (non-hydrogen) atoms. The quantitative estimate of drug-likeness (QED) is 0.479. The predicted molar refractivity (Wildman–Crippen MR) is 97.9 cm³/mol. The number of benzene rings is 2. The third-order valence-electron chi connectivity index (χ3n) is 3.25. The molecule has 132 valence electrons. The second-order valence-electron chi connectivity index (χ2n) is 4.93. The molecule has 0 aromatic heterocycles. The highest BCUT2D eigenvalue weighted by atomic mass is 79.9. The molecule has 7 heteroatoms. The molecule has 0 heterocycles. The van der Waals surface area contributed by atoms with Crippen molar-refractivity contribution in [1.29, 1.82) is 0 Å². The van der Waals surface area contributed by atoms with E-state index in [-0.39, 0.29) is 18.0 Å². The number of hydrogen-bond acceptors (Lipinski definition) is 5. The van der Waals surface area contributed by atoms with Crippen molar-refractivity contribution in [3.05, 3.63) is 57.0 Å². The van der Waals surface area contributed by atoms with Crippen molar-refractivity contribution in [3.8, 4) is 11.5 Å². The fourth-order valence-corrected chi connectivity index (χ4v) is 2.81. The van der Waals surface area contributed by atoms with Crippen LogP contribution in [0.3, 0.4) is 0 Å². The number of hydrogen-bond donors (Lipinski definition) is 0. The average Bonchev–Trinajstić information content (AvgIpc) is 2.60. The van der Waals surface area contributed by atoms with Gasteiger partial charge >= 0.3 is 5.97 Å². The van der Waals surface area contributed by atoms with Crippen LogP contribution < -0.4 is 9.47 Å². The minimum absolute atomic E-state index is 0.250. The van der Waals surface area contributed by atoms with E-state index in [0.717, 1.165) is 0 Å². The minimum atomic E-state index is -0.633. The lowest BCUT2D eigenvalue weighted by Crippen LogP contribution is -2.14. The molecule has 2 aromatic rings. The van der Waals surface area contributed by atoms with Crippen LogP contribution in [0.25, 0.3) is 0 Å². The summed E-state index contributed by atoms with van der Waals surface area (Å²) in [5, 5.41) is 0.528. The maximum absolute atomic E-state index is 12.2. The first-order chi connectivity index (χ1) is 12.0. The minimum Gasteiger partial charge on any atom is -0.492 e. The molecule has 0 fully saturated rings. The van der Waals surface area contributed by atoms with Gasteiger partial charge in [0.2, 0.25) is 0 Å². The van der Waals surface area contributed by atoms with Gasteiger partial charge in [-0.25, -0.2) is 4.79 Å². The van der Waals surface area contributed by atoms with E-state index in [1.165, 1.54) is 13.2 Å². The van der Waals surface area contributed by atoms with Gasteiger partial charge in [0.25, 0.3) is 0 Å². The summed E-state index contributed by atoms with van der Waals surface area (Å²) in [6.07, 6.45) is 0. The topological polar surface area (TPSA) is 61.8 Å². The lowest BCUT2D eigenvalue weighted by Gasteiger charge is -2.13. The van der Waals surface area contributed by atoms with Gasteiger partial charge in [-0.3, -0.25) is 4.79 Å². The molecule has 0 bridgehead atoms. The van der Waals surface area contributed by atoms with E-state index in [4.69, 9.17) is 25.8 Å². The summed E-state index contributed by atoms with van der Waals surface area (Å²) in [5.41, 5.74) is 0.670. The van der Waals surface area contributed by atoms with E-state index in [1.54, 1.807) is 30.3 Å². The summed E-state index contributed by atoms with van der Waals surface area (Å²) >= 11 is 9.11. The number of Topliss-reactive ketones (excluding diaryl/α,β-unsaturated/α-hetero) is 1. The number of carbonyl (C=O) groups is 2. The van der Waals surface area contributed by atoms with Crippen LogP contribution in [0.1, 0.15) is 27.6 Å². The van der Waals surface area contributed by atoms with E-state index < -0.39 is 5.97 Å². The molecule has 2 rings (SSSR count). The lowest BCUT2D eigenvalue weighted by atomic mass is 10.1. The van der Waals surface area contributed by atoms with Gasteiger partial charge in [-0.2, -0.15) is 0 Å². The van der Waals surface area contributed by atoms with Gasteiger partial charge in [0.05, 0.1) is 23.8 Å². The molecule has 0 aliphatic heterocycles. The standard InChI is InChI=1S/C18H16BrClO5/c1-3-24-16-9-12(8-14(19)17(16)23-2)18(22)25-10-15(21)11-4-6-13(20)7-5-11/h4-9H,3,10H2,1-2H3. The second-order valence-corrected chi connectivity index (χ2v) is 6.22. The molecule has 0 N–H and O–H groups in total. The van der Waals surface area contributed by atoms with Crippen molar-refractivity contribution in [3.63, 3.8) is 0 Å². The third kappa shape index (κ3) is 4.96. The SMILES string of the molecule is CCOc1cc(C(=O)OCC(=O)c2ccc(Cl)cc2)cc(Br)c1OC. The van der Waals surface area contributed by atoms with Crippen LogP contribution in [0.2, 0.25) is 5.02 Å². The van der Waals surface area contributed by atoms with E-state index in [0.29, 0.717) is 33.2 Å². The van der Waals surface area contributed by atoms with E-state index >= 15 is 0 Å². The molecule has 5 nitrogen and oxygen atoms in total. The Kier molecular flexibility index (Phi) is 6.84. The van der Waals surface area contributed by atoms with Gasteiger partial charge in [-0.15, -0.1) is 0 Å². The zero-order valence-corrected chi connectivity index (χ0v) is 16.0. The van der Waals surface area contributed by atoms with Crippen LogP contribution in [0, 0.1) is 0 Å². The largest absolute Gasteiger partial charge is 0.492 e. The number of halogens is 2. The molecule has 0 saturated heterocycles. The highest BCUT2D eigenvalue weighted by molar-refractivity contribution is 9.10. The summed E-state index contributed by atoms with van der Waals surface area (Å²) in [5.74, 6) is -0.0553. The lowest BCUT2D eigenvalue weighted by molar-refractivity contribution is 0.0474. The van der Waals surface area contributed by atoms with E-state index in [1.807, 2.05) is 6.92 Å². The van der Waals surface area contributed by atoms with Crippen LogP contribution in [0.4, 0.5) is 0 Å². The molecule has 2 aromatic carbocycles. The van der Waals surface area contributed by atoms with E-state index in [2.05, 4.69) is 15.9 Å². The van der Waals surface area contributed by atoms with Crippen molar-refractivity contribution >= 4 is 39.3 Å². The molecule has 0 spiro atoms. The van der Waals surface area contributed by atoms with Crippen molar-refractivity contribution in [1.82, 2.24) is 0 Å². The molecule has 0 amide bonds. The number of ether oxygens (including phenoxy) is 3. The molecule has 0 aliphatic rings. The Hall–Kier alpha value is -2.05. The van der Waals surface area contributed by atoms with Crippen LogP contribution in [0.5, 0.6) is 11.5 Å². The maximum Gasteiger partial charge on any atom is 0.338 e. The van der Waals surface area contributed by atoms with Gasteiger partial charge in [-0.1, -0.05) is 11.6 Å². The number of esters is 1. The van der Waals surface area contributed by atoms with Crippen molar-refractivity contribution in [2.45, 2.75) is 6.92 Å². The van der Waals surface area contributed by atoms with Crippen LogP contribution in [-0.4, -0.2) is 32.1 Å². The zero-order valence-electron chi connectivity index (χ0n) is 13.7. The summed E-state index contributed by atoms with van der Waals surface area (Å²) in [6, 6.07) is 9.43. The first-order valence-corrected chi connectivity index (χ1v) is 8.59. The molecule has 0 unspecified atom stereocenters. The molecule has 0 aliphatic carbocycles. The van der Waals surface area contributed by atoms with Crippen LogP contribution in [-0.2, 0) is 4.74 Å². The zero-order chi connectivity index (χ0) is 18.4. The Morgan fingerprint density at radius 1 is 1.12 bits per heavy atom. The van der Waals surface area contributed by atoms with Crippen LogP contribution >= 0.6 is 27.5 Å². The molecular formula is C18H16BrClO5. The Labute approximate surface area is 159 Å². The first-order valence-electron chi connectivity index (χ1n) is 7.42. The summed E-state index contributed by atoms with van der Waals surface area (Å²) in [4.78, 5) is 24.3. The monoisotopic (exact) mass is 426 g/mol.